The number of ether oxygens (including phenoxy) is 4. The molecule has 2 fully saturated rings. The SMILES string of the molecule is CC1O[C@@H](O[C@H]2C=CC=CC=CC=CC=CC=CC=C[C@H](C)[C@@H](O)[C@@H](C)[C@H](C)OC(=O)C[C@H](O)C[C@H](O)C[C@H](O)CC[C@@H](O)[C@H](O)C[C@]3(O)C[C@H](O)[C@@H](C(=O)O)[C@H](C2)O3)[C@@H](O)C(N)[C@@H]1O. The molecule has 3 heterocycles. The van der Waals surface area contributed by atoms with Crippen LogP contribution in [0.15, 0.2) is 85.1 Å². The van der Waals surface area contributed by atoms with E-state index in [0.29, 0.717) is 0 Å². The monoisotopic (exact) mass is 923 g/mol. The number of fused-ring (bicyclic) bond motifs is 2. The number of aliphatic hydroxyl groups is 10. The molecule has 0 radical (unpaired) electrons. The maximum atomic E-state index is 12.6. The number of nitrogens with two attached hydrogens (primary N) is 1. The van der Waals surface area contributed by atoms with Crippen LogP contribution in [0.3, 0.4) is 0 Å². The van der Waals surface area contributed by atoms with E-state index in [-0.39, 0.29) is 38.0 Å². The highest BCUT2D eigenvalue weighted by Crippen LogP contribution is 2.38. The van der Waals surface area contributed by atoms with E-state index in [1.807, 2.05) is 13.0 Å². The third-order valence-corrected chi connectivity index (χ3v) is 12.0. The van der Waals surface area contributed by atoms with Gasteiger partial charge in [0.2, 0.25) is 0 Å². The molecule has 18 heteroatoms. The number of esters is 1. The Hall–Kier alpha value is -3.44. The first-order valence-corrected chi connectivity index (χ1v) is 22.3. The second-order valence-electron chi connectivity index (χ2n) is 17.6. The fourth-order valence-electron chi connectivity index (χ4n) is 7.96. The maximum absolute atomic E-state index is 12.6. The molecule has 3 aliphatic heterocycles. The van der Waals surface area contributed by atoms with Crippen LogP contribution >= 0.6 is 0 Å². The van der Waals surface area contributed by atoms with Gasteiger partial charge in [0.25, 0.3) is 0 Å². The normalized spacial score (nSPS) is 42.0. The highest BCUT2D eigenvalue weighted by atomic mass is 16.7. The summed E-state index contributed by atoms with van der Waals surface area (Å²) in [6, 6.07) is -1.15. The Morgan fingerprint density at radius 3 is 1.78 bits per heavy atom. The molecule has 2 unspecified atom stereocenters. The second-order valence-corrected chi connectivity index (χ2v) is 17.6. The molecular formula is C47H73NO17. The Balaban J connectivity index is 1.86. The minimum Gasteiger partial charge on any atom is -0.481 e. The molecular weight excluding hydrogens is 851 g/mol. The zero-order chi connectivity index (χ0) is 48.4. The average Bonchev–Trinajstić information content (AvgIpc) is 3.21. The lowest BCUT2D eigenvalue weighted by Crippen LogP contribution is -2.61. The summed E-state index contributed by atoms with van der Waals surface area (Å²) in [5.41, 5.74) is 6.02. The van der Waals surface area contributed by atoms with E-state index in [1.54, 1.807) is 86.8 Å². The van der Waals surface area contributed by atoms with Crippen molar-refractivity contribution in [3.05, 3.63) is 85.1 Å². The second kappa shape index (κ2) is 27.4. The van der Waals surface area contributed by atoms with E-state index in [4.69, 9.17) is 24.7 Å². The molecule has 2 bridgehead atoms. The van der Waals surface area contributed by atoms with Gasteiger partial charge in [0.05, 0.1) is 79.6 Å². The van der Waals surface area contributed by atoms with Crippen molar-refractivity contribution >= 4 is 11.9 Å². The van der Waals surface area contributed by atoms with Crippen LogP contribution in [0.2, 0.25) is 0 Å². The summed E-state index contributed by atoms with van der Waals surface area (Å²) in [6.07, 6.45) is 3.49. The van der Waals surface area contributed by atoms with Crippen molar-refractivity contribution in [2.24, 2.45) is 23.5 Å². The lowest BCUT2D eigenvalue weighted by molar-refractivity contribution is -0.310. The molecule has 2 saturated heterocycles. The van der Waals surface area contributed by atoms with E-state index in [2.05, 4.69) is 0 Å². The number of carbonyl (C=O) groups is 2. The van der Waals surface area contributed by atoms with Crippen LogP contribution in [0.4, 0.5) is 0 Å². The molecule has 18 nitrogen and oxygen atoms in total. The van der Waals surface area contributed by atoms with E-state index in [9.17, 15) is 65.8 Å². The van der Waals surface area contributed by atoms with E-state index >= 15 is 0 Å². The number of aliphatic hydroxyl groups excluding tert-OH is 9. The quantitative estimate of drug-likeness (QED) is 0.174. The number of allylic oxidation sites excluding steroid dienone is 12. The first-order chi connectivity index (χ1) is 30.6. The van der Waals surface area contributed by atoms with Crippen LogP contribution < -0.4 is 5.73 Å². The minimum atomic E-state index is -2.36. The van der Waals surface area contributed by atoms with Gasteiger partial charge in [-0.05, 0) is 39.5 Å². The molecule has 3 aliphatic rings. The van der Waals surface area contributed by atoms with Gasteiger partial charge in [0, 0.05) is 31.1 Å². The highest BCUT2D eigenvalue weighted by Gasteiger charge is 2.51. The van der Waals surface area contributed by atoms with E-state index < -0.39 is 141 Å². The number of carbonyl (C=O) groups excluding carboxylic acids is 1. The number of rotatable bonds is 3. The summed E-state index contributed by atoms with van der Waals surface area (Å²) in [4.78, 5) is 25.1. The lowest BCUT2D eigenvalue weighted by atomic mass is 9.82. The maximum Gasteiger partial charge on any atom is 0.311 e. The van der Waals surface area contributed by atoms with Gasteiger partial charge in [-0.2, -0.15) is 0 Å². The summed E-state index contributed by atoms with van der Waals surface area (Å²) < 4.78 is 23.1. The average molecular weight is 924 g/mol. The molecule has 3 rings (SSSR count). The van der Waals surface area contributed by atoms with Gasteiger partial charge in [-0.15, -0.1) is 0 Å². The minimum absolute atomic E-state index is 0.140. The van der Waals surface area contributed by atoms with Gasteiger partial charge in [0.1, 0.15) is 18.1 Å². The fourth-order valence-corrected chi connectivity index (χ4v) is 7.96. The number of hydrogen-bond donors (Lipinski definition) is 12. The van der Waals surface area contributed by atoms with Crippen molar-refractivity contribution in [1.29, 1.82) is 0 Å². The van der Waals surface area contributed by atoms with Crippen LogP contribution in [0.25, 0.3) is 0 Å². The lowest BCUT2D eigenvalue weighted by Gasteiger charge is -2.45. The van der Waals surface area contributed by atoms with Gasteiger partial charge in [0.15, 0.2) is 12.1 Å². The van der Waals surface area contributed by atoms with Crippen LogP contribution in [-0.2, 0) is 28.5 Å². The van der Waals surface area contributed by atoms with Crippen LogP contribution in [0.5, 0.6) is 0 Å². The summed E-state index contributed by atoms with van der Waals surface area (Å²) in [5.74, 6) is -6.88. The Labute approximate surface area is 381 Å². The number of aliphatic carboxylic acids is 1. The summed E-state index contributed by atoms with van der Waals surface area (Å²) in [7, 11) is 0. The first kappa shape index (κ1) is 55.9. The van der Waals surface area contributed by atoms with Crippen LogP contribution in [0.1, 0.15) is 79.1 Å². The molecule has 13 N–H and O–H groups in total. The summed E-state index contributed by atoms with van der Waals surface area (Å²) in [5, 5.41) is 118. The van der Waals surface area contributed by atoms with Crippen molar-refractivity contribution in [2.75, 3.05) is 0 Å². The Morgan fingerprint density at radius 2 is 1.20 bits per heavy atom. The summed E-state index contributed by atoms with van der Waals surface area (Å²) >= 11 is 0. The fraction of sp³-hybridized carbons (Fsp3) is 0.660. The van der Waals surface area contributed by atoms with E-state index in [0.717, 1.165) is 0 Å². The van der Waals surface area contributed by atoms with Gasteiger partial charge >= 0.3 is 11.9 Å². The Bertz CT molecular complexity index is 1670. The topological polar surface area (TPSA) is 320 Å². The zero-order valence-electron chi connectivity index (χ0n) is 37.6. The summed E-state index contributed by atoms with van der Waals surface area (Å²) in [6.45, 7) is 6.74. The molecule has 368 valence electrons. The van der Waals surface area contributed by atoms with Crippen LogP contribution in [-0.4, -0.2) is 166 Å². The Morgan fingerprint density at radius 1 is 0.662 bits per heavy atom. The standard InChI is InChI=1S/C47H73NO17/c1-27-17-15-13-11-9-7-5-6-8-10-12-14-16-18-34(64-46-44(58)41(48)43(57)30(4)63-46)24-38-40(45(59)60)37(54)26-47(61,65-38)25-36(53)35(52)20-19-31(49)21-32(50)22-33(51)23-39(55)62-29(3)28(2)42(27)56/h5-18,27-38,40-44,46,49-54,56-58,61H,19-26,48H2,1-4H3,(H,59,60)/t27-,28-,29-,30?,31+,32+,33+,34-,35+,36+,37-,38-,40+,41?,42+,43+,44-,46-,47+/m0/s1. The predicted molar refractivity (Wildman–Crippen MR) is 237 cm³/mol. The molecule has 0 aromatic heterocycles. The molecule has 0 spiro atoms. The Kier molecular flexibility index (Phi) is 23.6. The number of carboxylic acid groups (broad SMARTS) is 1. The smallest absolute Gasteiger partial charge is 0.311 e. The van der Waals surface area contributed by atoms with Crippen molar-refractivity contribution in [3.63, 3.8) is 0 Å². The van der Waals surface area contributed by atoms with Gasteiger partial charge < -0.3 is 80.9 Å². The number of carboxylic acids is 1. The predicted octanol–water partition coefficient (Wildman–Crippen LogP) is 0.712. The van der Waals surface area contributed by atoms with Gasteiger partial charge in [-0.25, -0.2) is 0 Å². The number of cyclic esters (lactones) is 1. The zero-order valence-corrected chi connectivity index (χ0v) is 37.6. The largest absolute Gasteiger partial charge is 0.481 e. The van der Waals surface area contributed by atoms with Gasteiger partial charge in [-0.1, -0.05) is 98.9 Å². The van der Waals surface area contributed by atoms with Crippen molar-refractivity contribution in [1.82, 2.24) is 0 Å². The third-order valence-electron chi connectivity index (χ3n) is 12.0. The van der Waals surface area contributed by atoms with E-state index in [1.165, 1.54) is 13.0 Å². The number of hydrogen-bond acceptors (Lipinski definition) is 17. The van der Waals surface area contributed by atoms with Gasteiger partial charge in [-0.3, -0.25) is 9.59 Å². The third kappa shape index (κ3) is 18.6. The molecule has 0 aliphatic carbocycles. The molecule has 0 aromatic rings. The first-order valence-electron chi connectivity index (χ1n) is 22.3. The molecule has 0 amide bonds. The molecule has 19 atom stereocenters. The van der Waals surface area contributed by atoms with Crippen LogP contribution in [0, 0.1) is 17.8 Å². The molecule has 0 aromatic carbocycles. The van der Waals surface area contributed by atoms with Crippen molar-refractivity contribution < 1.29 is 84.7 Å². The molecule has 65 heavy (non-hydrogen) atoms. The molecule has 0 saturated carbocycles. The van der Waals surface area contributed by atoms with Crippen molar-refractivity contribution in [3.8, 4) is 0 Å². The highest BCUT2D eigenvalue weighted by molar-refractivity contribution is 5.71. The van der Waals surface area contributed by atoms with Crippen molar-refractivity contribution in [2.45, 2.75) is 177 Å².